The van der Waals surface area contributed by atoms with E-state index in [-0.39, 0.29) is 0 Å². The zero-order valence-electron chi connectivity index (χ0n) is 11.8. The number of imidazole rings is 1. The van der Waals surface area contributed by atoms with Gasteiger partial charge in [0, 0.05) is 12.5 Å². The fourth-order valence-corrected chi connectivity index (χ4v) is 3.09. The lowest BCUT2D eigenvalue weighted by Crippen LogP contribution is -2.13. The monoisotopic (exact) mass is 258 g/mol. The number of rotatable bonds is 3. The van der Waals surface area contributed by atoms with Crippen LogP contribution in [0.1, 0.15) is 55.1 Å². The number of aryl methyl sites for hydroxylation is 1. The Balaban J connectivity index is 2.00. The van der Waals surface area contributed by atoms with Crippen molar-refractivity contribution in [3.8, 4) is 0 Å². The zero-order chi connectivity index (χ0) is 13.2. The van der Waals surface area contributed by atoms with Crippen molar-refractivity contribution < 1.29 is 0 Å². The van der Waals surface area contributed by atoms with Crippen LogP contribution in [0.25, 0.3) is 5.65 Å². The number of nitrogens with one attached hydrogen (secondary N) is 1. The molecule has 1 aliphatic carbocycles. The highest BCUT2D eigenvalue weighted by Crippen LogP contribution is 2.31. The van der Waals surface area contributed by atoms with Crippen molar-refractivity contribution in [2.45, 2.75) is 51.5 Å². The number of nitrogens with zero attached hydrogens (tertiary/aromatic N) is 3. The van der Waals surface area contributed by atoms with Gasteiger partial charge in [0.2, 0.25) is 0 Å². The highest BCUT2D eigenvalue weighted by atomic mass is 15.3. The third-order valence-corrected chi connectivity index (χ3v) is 4.16. The molecule has 0 unspecified atom stereocenters. The minimum atomic E-state index is 0.642. The van der Waals surface area contributed by atoms with Crippen molar-refractivity contribution in [3.63, 3.8) is 0 Å². The summed E-state index contributed by atoms with van der Waals surface area (Å²) in [5, 5.41) is 8.05. The second-order valence-electron chi connectivity index (χ2n) is 5.54. The average molecular weight is 258 g/mol. The highest BCUT2D eigenvalue weighted by Gasteiger charge is 2.18. The molecule has 0 spiro atoms. The van der Waals surface area contributed by atoms with Crippen molar-refractivity contribution in [1.29, 1.82) is 0 Å². The second kappa shape index (κ2) is 5.29. The minimum Gasteiger partial charge on any atom is -0.314 e. The second-order valence-corrected chi connectivity index (χ2v) is 5.54. The van der Waals surface area contributed by atoms with E-state index in [0.717, 1.165) is 17.9 Å². The molecular formula is C15H22N4. The molecule has 1 N–H and O–H groups in total. The molecule has 102 valence electrons. The average Bonchev–Trinajstić information content (AvgIpc) is 2.76. The lowest BCUT2D eigenvalue weighted by molar-refractivity contribution is 0.432. The summed E-state index contributed by atoms with van der Waals surface area (Å²) in [6, 6.07) is 4.28. The van der Waals surface area contributed by atoms with Crippen molar-refractivity contribution >= 4 is 5.65 Å². The first kappa shape index (κ1) is 12.6. The molecular weight excluding hydrogens is 236 g/mol. The molecule has 2 heterocycles. The smallest absolute Gasteiger partial charge is 0.154 e. The van der Waals surface area contributed by atoms with Crippen LogP contribution in [-0.2, 0) is 6.54 Å². The minimum absolute atomic E-state index is 0.642. The van der Waals surface area contributed by atoms with Gasteiger partial charge < -0.3 is 5.32 Å². The Morgan fingerprint density at radius 3 is 2.79 bits per heavy atom. The summed E-state index contributed by atoms with van der Waals surface area (Å²) in [6.45, 7) is 2.87. The van der Waals surface area contributed by atoms with E-state index in [2.05, 4.69) is 29.4 Å². The SMILES string of the molecule is CNCc1c(C)nc2ccc(C3CCCCC3)nn12. The Morgan fingerprint density at radius 2 is 2.05 bits per heavy atom. The number of hydrogen-bond donors (Lipinski definition) is 1. The van der Waals surface area contributed by atoms with Gasteiger partial charge in [-0.1, -0.05) is 19.3 Å². The van der Waals surface area contributed by atoms with E-state index >= 15 is 0 Å². The van der Waals surface area contributed by atoms with Gasteiger partial charge in [-0.05, 0) is 38.9 Å². The van der Waals surface area contributed by atoms with Gasteiger partial charge >= 0.3 is 0 Å². The van der Waals surface area contributed by atoms with Gasteiger partial charge in [0.05, 0.1) is 17.1 Å². The van der Waals surface area contributed by atoms with E-state index in [4.69, 9.17) is 5.10 Å². The van der Waals surface area contributed by atoms with Crippen LogP contribution in [0.3, 0.4) is 0 Å². The summed E-state index contributed by atoms with van der Waals surface area (Å²) < 4.78 is 2.02. The van der Waals surface area contributed by atoms with E-state index in [1.807, 2.05) is 11.6 Å². The van der Waals surface area contributed by atoms with Crippen molar-refractivity contribution in [2.75, 3.05) is 7.05 Å². The molecule has 0 bridgehead atoms. The number of aromatic nitrogens is 3. The van der Waals surface area contributed by atoms with Gasteiger partial charge in [-0.2, -0.15) is 5.10 Å². The van der Waals surface area contributed by atoms with Crippen LogP contribution < -0.4 is 5.32 Å². The fourth-order valence-electron chi connectivity index (χ4n) is 3.09. The maximum atomic E-state index is 4.85. The molecule has 4 heteroatoms. The molecule has 0 aromatic carbocycles. The van der Waals surface area contributed by atoms with E-state index < -0.39 is 0 Å². The molecule has 19 heavy (non-hydrogen) atoms. The lowest BCUT2D eigenvalue weighted by Gasteiger charge is -2.20. The molecule has 2 aromatic rings. The first-order valence-electron chi connectivity index (χ1n) is 7.29. The van der Waals surface area contributed by atoms with Gasteiger partial charge in [0.25, 0.3) is 0 Å². The summed E-state index contributed by atoms with van der Waals surface area (Å²) in [7, 11) is 1.96. The summed E-state index contributed by atoms with van der Waals surface area (Å²) in [6.07, 6.45) is 6.64. The van der Waals surface area contributed by atoms with Crippen molar-refractivity contribution in [1.82, 2.24) is 19.9 Å². The van der Waals surface area contributed by atoms with Gasteiger partial charge in [0.1, 0.15) is 0 Å². The van der Waals surface area contributed by atoms with Crippen molar-refractivity contribution in [2.24, 2.45) is 0 Å². The highest BCUT2D eigenvalue weighted by molar-refractivity contribution is 5.42. The van der Waals surface area contributed by atoms with Gasteiger partial charge in [0.15, 0.2) is 5.65 Å². The molecule has 0 radical (unpaired) electrons. The maximum Gasteiger partial charge on any atom is 0.154 e. The van der Waals surface area contributed by atoms with E-state index in [0.29, 0.717) is 5.92 Å². The number of fused-ring (bicyclic) bond motifs is 1. The Morgan fingerprint density at radius 1 is 1.26 bits per heavy atom. The predicted octanol–water partition coefficient (Wildman–Crippen LogP) is 2.80. The molecule has 4 nitrogen and oxygen atoms in total. The molecule has 0 saturated heterocycles. The summed E-state index contributed by atoms with van der Waals surface area (Å²) in [4.78, 5) is 4.58. The Kier molecular flexibility index (Phi) is 3.51. The summed E-state index contributed by atoms with van der Waals surface area (Å²) in [5.41, 5.74) is 4.45. The van der Waals surface area contributed by atoms with Crippen LogP contribution in [0, 0.1) is 6.92 Å². The third kappa shape index (κ3) is 2.37. The quantitative estimate of drug-likeness (QED) is 0.920. The normalized spacial score (nSPS) is 17.2. The first-order chi connectivity index (χ1) is 9.29. The molecule has 1 saturated carbocycles. The van der Waals surface area contributed by atoms with E-state index in [9.17, 15) is 0 Å². The summed E-state index contributed by atoms with van der Waals surface area (Å²) in [5.74, 6) is 0.642. The molecule has 2 aromatic heterocycles. The zero-order valence-corrected chi connectivity index (χ0v) is 11.8. The Hall–Kier alpha value is -1.42. The van der Waals surface area contributed by atoms with Crippen LogP contribution in [0.4, 0.5) is 0 Å². The largest absolute Gasteiger partial charge is 0.314 e. The summed E-state index contributed by atoms with van der Waals surface area (Å²) >= 11 is 0. The van der Waals surface area contributed by atoms with E-state index in [1.165, 1.54) is 43.5 Å². The first-order valence-corrected chi connectivity index (χ1v) is 7.29. The van der Waals surface area contributed by atoms with Crippen LogP contribution >= 0.6 is 0 Å². The molecule has 0 atom stereocenters. The fraction of sp³-hybridized carbons (Fsp3) is 0.600. The molecule has 1 fully saturated rings. The molecule has 0 aliphatic heterocycles. The topological polar surface area (TPSA) is 42.2 Å². The van der Waals surface area contributed by atoms with Gasteiger partial charge in [-0.3, -0.25) is 0 Å². The maximum absolute atomic E-state index is 4.85. The van der Waals surface area contributed by atoms with Gasteiger partial charge in [-0.15, -0.1) is 0 Å². The van der Waals surface area contributed by atoms with E-state index in [1.54, 1.807) is 0 Å². The van der Waals surface area contributed by atoms with Crippen LogP contribution in [0.2, 0.25) is 0 Å². The Labute approximate surface area is 114 Å². The lowest BCUT2D eigenvalue weighted by atomic mass is 9.87. The number of hydrogen-bond acceptors (Lipinski definition) is 3. The predicted molar refractivity (Wildman–Crippen MR) is 76.3 cm³/mol. The van der Waals surface area contributed by atoms with Crippen LogP contribution in [0.5, 0.6) is 0 Å². The molecule has 0 amide bonds. The van der Waals surface area contributed by atoms with Gasteiger partial charge in [-0.25, -0.2) is 9.50 Å². The third-order valence-electron chi connectivity index (χ3n) is 4.16. The van der Waals surface area contributed by atoms with Crippen molar-refractivity contribution in [3.05, 3.63) is 29.2 Å². The van der Waals surface area contributed by atoms with Crippen LogP contribution in [-0.4, -0.2) is 21.6 Å². The Bertz CT molecular complexity index is 567. The molecule has 3 rings (SSSR count). The standard InChI is InChI=1S/C15H22N4/c1-11-14(10-16-2)19-15(17-11)9-8-13(18-19)12-6-4-3-5-7-12/h8-9,12,16H,3-7,10H2,1-2H3. The van der Waals surface area contributed by atoms with Crippen LogP contribution in [0.15, 0.2) is 12.1 Å². The molecule has 1 aliphatic rings.